The summed E-state index contributed by atoms with van der Waals surface area (Å²) in [7, 11) is 4.54. The molecule has 7 nitrogen and oxygen atoms in total. The molecule has 0 fully saturated rings. The van der Waals surface area contributed by atoms with E-state index < -0.39 is 0 Å². The van der Waals surface area contributed by atoms with Gasteiger partial charge >= 0.3 is 0 Å². The number of hydrogen-bond acceptors (Lipinski definition) is 6. The average Bonchev–Trinajstić information content (AvgIpc) is 2.77. The maximum absolute atomic E-state index is 12.6. The Balaban J connectivity index is 1.76. The Kier molecular flexibility index (Phi) is 6.06. The highest BCUT2D eigenvalue weighted by Crippen LogP contribution is 2.38. The normalized spacial score (nSPS) is 10.2. The summed E-state index contributed by atoms with van der Waals surface area (Å²) < 4.78 is 15.9. The van der Waals surface area contributed by atoms with Crippen LogP contribution in [-0.4, -0.2) is 37.2 Å². The van der Waals surface area contributed by atoms with Gasteiger partial charge in [-0.15, -0.1) is 0 Å². The van der Waals surface area contributed by atoms with Crippen LogP contribution in [0.25, 0.3) is 11.3 Å². The number of benzene rings is 1. The van der Waals surface area contributed by atoms with Gasteiger partial charge in [0.15, 0.2) is 11.5 Å². The van der Waals surface area contributed by atoms with Crippen molar-refractivity contribution in [3.8, 4) is 28.5 Å². The number of hydrogen-bond donors (Lipinski definition) is 1. The number of methoxy groups -OCH3 is 3. The Labute approximate surface area is 163 Å². The summed E-state index contributed by atoms with van der Waals surface area (Å²) in [6, 6.07) is 10.8. The second kappa shape index (κ2) is 8.85. The number of carbonyl (C=O) groups is 1. The molecule has 0 aliphatic rings. The zero-order chi connectivity index (χ0) is 19.9. The molecule has 0 radical (unpaired) electrons. The fourth-order valence-electron chi connectivity index (χ4n) is 2.76. The van der Waals surface area contributed by atoms with E-state index in [0.29, 0.717) is 29.4 Å². The summed E-state index contributed by atoms with van der Waals surface area (Å²) in [6.45, 7) is 0.357. The van der Waals surface area contributed by atoms with E-state index >= 15 is 0 Å². The van der Waals surface area contributed by atoms with E-state index in [1.165, 1.54) is 21.3 Å². The first-order chi connectivity index (χ1) is 13.7. The van der Waals surface area contributed by atoms with Crippen molar-refractivity contribution in [1.29, 1.82) is 0 Å². The van der Waals surface area contributed by atoms with Crippen molar-refractivity contribution >= 4 is 5.91 Å². The van der Waals surface area contributed by atoms with Crippen LogP contribution in [-0.2, 0) is 6.54 Å². The molecular weight excluding hydrogens is 358 g/mol. The van der Waals surface area contributed by atoms with Gasteiger partial charge in [-0.2, -0.15) is 0 Å². The van der Waals surface area contributed by atoms with Crippen LogP contribution in [0.1, 0.15) is 15.9 Å². The minimum Gasteiger partial charge on any atom is -0.493 e. The van der Waals surface area contributed by atoms with Crippen molar-refractivity contribution in [3.63, 3.8) is 0 Å². The van der Waals surface area contributed by atoms with Crippen LogP contribution in [0.4, 0.5) is 0 Å². The Bertz CT molecular complexity index is 936. The van der Waals surface area contributed by atoms with Gasteiger partial charge in [0.1, 0.15) is 0 Å². The molecule has 3 rings (SSSR count). The van der Waals surface area contributed by atoms with E-state index in [-0.39, 0.29) is 5.91 Å². The van der Waals surface area contributed by atoms with Crippen LogP contribution in [0.3, 0.4) is 0 Å². The lowest BCUT2D eigenvalue weighted by Gasteiger charge is -2.14. The van der Waals surface area contributed by atoms with E-state index in [0.717, 1.165) is 16.8 Å². The predicted octanol–water partition coefficient (Wildman–Crippen LogP) is 3.10. The van der Waals surface area contributed by atoms with E-state index in [1.807, 2.05) is 24.3 Å². The molecular formula is C21H21N3O4. The van der Waals surface area contributed by atoms with Gasteiger partial charge in [0.2, 0.25) is 5.75 Å². The van der Waals surface area contributed by atoms with Crippen LogP contribution < -0.4 is 19.5 Å². The largest absolute Gasteiger partial charge is 0.493 e. The van der Waals surface area contributed by atoms with Crippen molar-refractivity contribution in [2.45, 2.75) is 6.54 Å². The molecule has 0 unspecified atom stereocenters. The molecule has 0 saturated heterocycles. The summed E-state index contributed by atoms with van der Waals surface area (Å²) in [5, 5.41) is 2.90. The minimum absolute atomic E-state index is 0.249. The van der Waals surface area contributed by atoms with E-state index in [1.54, 1.807) is 30.7 Å². The van der Waals surface area contributed by atoms with Crippen molar-refractivity contribution in [2.75, 3.05) is 21.3 Å². The third-order valence-corrected chi connectivity index (χ3v) is 4.18. The quantitative estimate of drug-likeness (QED) is 0.679. The molecule has 144 valence electrons. The summed E-state index contributed by atoms with van der Waals surface area (Å²) in [5.74, 6) is 1.05. The zero-order valence-electron chi connectivity index (χ0n) is 15.9. The van der Waals surface area contributed by atoms with Gasteiger partial charge in [-0.25, -0.2) is 0 Å². The summed E-state index contributed by atoms with van der Waals surface area (Å²) in [4.78, 5) is 21.0. The first-order valence-electron chi connectivity index (χ1n) is 8.59. The monoisotopic (exact) mass is 379 g/mol. The number of amides is 1. The lowest BCUT2D eigenvalue weighted by atomic mass is 10.1. The lowest BCUT2D eigenvalue weighted by molar-refractivity contribution is 0.0950. The fraction of sp³-hybridized carbons (Fsp3) is 0.190. The Morgan fingerprint density at radius 1 is 0.929 bits per heavy atom. The van der Waals surface area contributed by atoms with Gasteiger partial charge in [-0.3, -0.25) is 14.8 Å². The molecule has 3 aromatic rings. The Morgan fingerprint density at radius 2 is 1.61 bits per heavy atom. The summed E-state index contributed by atoms with van der Waals surface area (Å²) >= 11 is 0. The molecule has 28 heavy (non-hydrogen) atoms. The summed E-state index contributed by atoms with van der Waals surface area (Å²) in [6.07, 6.45) is 5.16. The van der Waals surface area contributed by atoms with Gasteiger partial charge in [0.25, 0.3) is 5.91 Å². The Hall–Kier alpha value is -3.61. The maximum Gasteiger partial charge on any atom is 0.251 e. The van der Waals surface area contributed by atoms with Crippen LogP contribution >= 0.6 is 0 Å². The molecule has 7 heteroatoms. The van der Waals surface area contributed by atoms with Gasteiger partial charge in [-0.1, -0.05) is 0 Å². The number of pyridine rings is 2. The molecule has 1 amide bonds. The zero-order valence-corrected chi connectivity index (χ0v) is 15.9. The third-order valence-electron chi connectivity index (χ3n) is 4.18. The Morgan fingerprint density at radius 3 is 2.21 bits per heavy atom. The van der Waals surface area contributed by atoms with Crippen molar-refractivity contribution < 1.29 is 19.0 Å². The molecule has 1 aromatic carbocycles. The maximum atomic E-state index is 12.6. The minimum atomic E-state index is -0.249. The van der Waals surface area contributed by atoms with E-state index in [9.17, 15) is 4.79 Å². The number of carbonyl (C=O) groups excluding carboxylic acids is 1. The number of nitrogens with one attached hydrogen (secondary N) is 1. The summed E-state index contributed by atoms with van der Waals surface area (Å²) in [5.41, 5.74) is 3.13. The first kappa shape index (κ1) is 19.2. The lowest BCUT2D eigenvalue weighted by Crippen LogP contribution is -2.23. The molecule has 0 aliphatic heterocycles. The highest BCUT2D eigenvalue weighted by Gasteiger charge is 2.17. The molecule has 0 saturated carbocycles. The van der Waals surface area contributed by atoms with Gasteiger partial charge in [0.05, 0.1) is 27.0 Å². The SMILES string of the molecule is COc1cc(C(=O)NCc2ccnc(-c3ccncc3)c2)cc(OC)c1OC. The highest BCUT2D eigenvalue weighted by molar-refractivity contribution is 5.95. The molecule has 2 heterocycles. The van der Waals surface area contributed by atoms with Crippen LogP contribution in [0.15, 0.2) is 55.0 Å². The second-order valence-electron chi connectivity index (χ2n) is 5.88. The van der Waals surface area contributed by atoms with Crippen molar-refractivity contribution in [1.82, 2.24) is 15.3 Å². The van der Waals surface area contributed by atoms with E-state index in [2.05, 4.69) is 15.3 Å². The topological polar surface area (TPSA) is 82.6 Å². The number of aromatic nitrogens is 2. The van der Waals surface area contributed by atoms with Crippen LogP contribution in [0.2, 0.25) is 0 Å². The number of ether oxygens (including phenoxy) is 3. The van der Waals surface area contributed by atoms with Gasteiger partial charge in [-0.05, 0) is 42.0 Å². The molecule has 0 spiro atoms. The molecule has 0 atom stereocenters. The molecule has 0 aliphatic carbocycles. The second-order valence-corrected chi connectivity index (χ2v) is 5.88. The first-order valence-corrected chi connectivity index (χ1v) is 8.59. The van der Waals surface area contributed by atoms with Crippen molar-refractivity contribution in [3.05, 3.63) is 66.1 Å². The van der Waals surface area contributed by atoms with Gasteiger partial charge in [0, 0.05) is 36.3 Å². The number of rotatable bonds is 7. The molecule has 2 aromatic heterocycles. The van der Waals surface area contributed by atoms with Crippen LogP contribution in [0, 0.1) is 0 Å². The fourth-order valence-corrected chi connectivity index (χ4v) is 2.76. The third kappa shape index (κ3) is 4.20. The van der Waals surface area contributed by atoms with E-state index in [4.69, 9.17) is 14.2 Å². The van der Waals surface area contributed by atoms with Crippen LogP contribution in [0.5, 0.6) is 17.2 Å². The highest BCUT2D eigenvalue weighted by atomic mass is 16.5. The smallest absolute Gasteiger partial charge is 0.251 e. The standard InChI is InChI=1S/C21H21N3O4/c1-26-18-11-16(12-19(27-2)20(18)28-3)21(25)24-13-14-4-9-23-17(10-14)15-5-7-22-8-6-15/h4-12H,13H2,1-3H3,(H,24,25). The molecule has 1 N–H and O–H groups in total. The predicted molar refractivity (Wildman–Crippen MR) is 105 cm³/mol. The van der Waals surface area contributed by atoms with Gasteiger partial charge < -0.3 is 19.5 Å². The van der Waals surface area contributed by atoms with Crippen molar-refractivity contribution in [2.24, 2.45) is 0 Å². The average molecular weight is 379 g/mol. The number of nitrogens with zero attached hydrogens (tertiary/aromatic N) is 2. The molecule has 0 bridgehead atoms.